The number of rotatable bonds is 11. The molecule has 0 aliphatic rings. The van der Waals surface area contributed by atoms with Gasteiger partial charge in [-0.3, -0.25) is 28.9 Å². The van der Waals surface area contributed by atoms with Crippen LogP contribution in [0.2, 0.25) is 0 Å². The Morgan fingerprint density at radius 1 is 0.871 bits per heavy atom. The van der Waals surface area contributed by atoms with E-state index in [1.807, 2.05) is 0 Å². The lowest BCUT2D eigenvalue weighted by Crippen LogP contribution is -2.28. The van der Waals surface area contributed by atoms with Crippen LogP contribution in [0.5, 0.6) is 0 Å². The molecule has 0 unspecified atom stereocenters. The predicted octanol–water partition coefficient (Wildman–Crippen LogP) is 0.393. The molecular formula is C19H24N2O10. The summed E-state index contributed by atoms with van der Waals surface area (Å²) in [5.41, 5.74) is 4.71. The monoisotopic (exact) mass is 440 g/mol. The van der Waals surface area contributed by atoms with Crippen LogP contribution in [-0.2, 0) is 33.5 Å². The largest absolute Gasteiger partial charge is 0.478 e. The molecule has 2 amide bonds. The van der Waals surface area contributed by atoms with Gasteiger partial charge >= 0.3 is 17.9 Å². The van der Waals surface area contributed by atoms with E-state index >= 15 is 0 Å². The van der Waals surface area contributed by atoms with Crippen molar-refractivity contribution in [2.24, 2.45) is 0 Å². The average molecular weight is 440 g/mol. The minimum atomic E-state index is -0.981. The van der Waals surface area contributed by atoms with Crippen molar-refractivity contribution in [2.45, 2.75) is 13.8 Å². The second kappa shape index (κ2) is 16.1. The first-order valence-corrected chi connectivity index (χ1v) is 8.73. The number of hydroxylamine groups is 2. The molecule has 0 bridgehead atoms. The molecule has 3 N–H and O–H groups in total. The number of hydrogen-bond acceptors (Lipinski definition) is 9. The van der Waals surface area contributed by atoms with Gasteiger partial charge in [-0.2, -0.15) is 0 Å². The lowest BCUT2D eigenvalue weighted by molar-refractivity contribution is -0.144. The smallest absolute Gasteiger partial charge is 0.327 e. The topological polar surface area (TPSA) is 167 Å². The van der Waals surface area contributed by atoms with Crippen molar-refractivity contribution in [3.8, 4) is 0 Å². The Balaban J connectivity index is 0.00000161. The summed E-state index contributed by atoms with van der Waals surface area (Å²) in [6, 6.07) is 5.84. The Morgan fingerprint density at radius 3 is 1.58 bits per heavy atom. The molecule has 170 valence electrons. The molecule has 0 aromatic heterocycles. The van der Waals surface area contributed by atoms with Gasteiger partial charge in [0.2, 0.25) is 0 Å². The molecule has 0 aliphatic carbocycles. The van der Waals surface area contributed by atoms with E-state index in [2.05, 4.69) is 27.0 Å². The van der Waals surface area contributed by atoms with Crippen LogP contribution in [0.25, 0.3) is 0 Å². The molecule has 0 spiro atoms. The molecule has 12 nitrogen and oxygen atoms in total. The fraction of sp³-hybridized carbons (Fsp3) is 0.316. The highest BCUT2D eigenvalue weighted by Gasteiger charge is 2.11. The second-order valence-corrected chi connectivity index (χ2v) is 5.36. The molecule has 1 rings (SSSR count). The number of esters is 2. The van der Waals surface area contributed by atoms with Gasteiger partial charge in [0.25, 0.3) is 11.8 Å². The Bertz CT molecular complexity index is 727. The lowest BCUT2D eigenvalue weighted by atomic mass is 10.1. The Labute approximate surface area is 178 Å². The van der Waals surface area contributed by atoms with E-state index in [4.69, 9.17) is 14.8 Å². The van der Waals surface area contributed by atoms with Crippen LogP contribution in [-0.4, -0.2) is 61.3 Å². The molecule has 12 heteroatoms. The van der Waals surface area contributed by atoms with Gasteiger partial charge in [0.05, 0.1) is 0 Å². The summed E-state index contributed by atoms with van der Waals surface area (Å²) in [4.78, 5) is 64.0. The van der Waals surface area contributed by atoms with Gasteiger partial charge in [0.15, 0.2) is 0 Å². The van der Waals surface area contributed by atoms with E-state index < -0.39 is 29.7 Å². The number of carbonyl (C=O) groups is 5. The normalized spacial score (nSPS) is 9.35. The van der Waals surface area contributed by atoms with Crippen molar-refractivity contribution in [3.05, 3.63) is 48.0 Å². The Morgan fingerprint density at radius 2 is 1.26 bits per heavy atom. The van der Waals surface area contributed by atoms with Gasteiger partial charge in [-0.1, -0.05) is 12.6 Å². The fourth-order valence-corrected chi connectivity index (χ4v) is 1.61. The second-order valence-electron chi connectivity index (χ2n) is 5.36. The number of nitrogens with one attached hydrogen (secondary N) is 2. The summed E-state index contributed by atoms with van der Waals surface area (Å²) in [5.74, 6) is -3.02. The molecule has 31 heavy (non-hydrogen) atoms. The molecule has 0 saturated carbocycles. The van der Waals surface area contributed by atoms with E-state index in [1.165, 1.54) is 38.1 Å². The maximum Gasteiger partial charge on any atom is 0.327 e. The third kappa shape index (κ3) is 14.8. The Kier molecular flexibility index (Phi) is 14.1. The lowest BCUT2D eigenvalue weighted by Gasteiger charge is -2.08. The summed E-state index contributed by atoms with van der Waals surface area (Å²) in [6.07, 6.45) is 0.833. The standard InChI is InChI=1S/C16H20N2O8.C3H4O2/c1-11(19)23-6-8-25-17-15(21)13-4-3-5-14(10-13)16(22)18-26-9-7-24-12(2)20;1-2-3(4)5/h3-5,10H,6-9H2,1-2H3,(H,17,21)(H,18,22);2H,1H2,(H,4,5). The molecule has 0 radical (unpaired) electrons. The van der Waals surface area contributed by atoms with Crippen LogP contribution in [0.4, 0.5) is 0 Å². The zero-order valence-corrected chi connectivity index (χ0v) is 17.0. The van der Waals surface area contributed by atoms with Gasteiger partial charge < -0.3 is 14.6 Å². The fourth-order valence-electron chi connectivity index (χ4n) is 1.61. The maximum atomic E-state index is 11.9. The number of aliphatic carboxylic acids is 1. The molecule has 0 saturated heterocycles. The summed E-state index contributed by atoms with van der Waals surface area (Å²) < 4.78 is 9.28. The SMILES string of the molecule is C=CC(=O)O.CC(=O)OCCONC(=O)c1cccc(C(=O)NOCCOC(C)=O)c1. The maximum absolute atomic E-state index is 11.9. The zero-order valence-electron chi connectivity index (χ0n) is 17.0. The highest BCUT2D eigenvalue weighted by molar-refractivity contribution is 5.99. The van der Waals surface area contributed by atoms with Crippen LogP contribution in [0.1, 0.15) is 34.6 Å². The summed E-state index contributed by atoms with van der Waals surface area (Å²) in [7, 11) is 0. The van der Waals surface area contributed by atoms with Crippen molar-refractivity contribution < 1.29 is 48.2 Å². The van der Waals surface area contributed by atoms with Gasteiger partial charge in [-0.15, -0.1) is 0 Å². The number of benzene rings is 1. The van der Waals surface area contributed by atoms with Crippen LogP contribution in [0.15, 0.2) is 36.9 Å². The van der Waals surface area contributed by atoms with Crippen molar-refractivity contribution in [2.75, 3.05) is 26.4 Å². The number of carboxylic acid groups (broad SMARTS) is 1. The van der Waals surface area contributed by atoms with Crippen LogP contribution in [0, 0.1) is 0 Å². The number of amides is 2. The molecule has 0 aliphatic heterocycles. The predicted molar refractivity (Wildman–Crippen MR) is 104 cm³/mol. The van der Waals surface area contributed by atoms with Crippen LogP contribution >= 0.6 is 0 Å². The van der Waals surface area contributed by atoms with Gasteiger partial charge in [0.1, 0.15) is 26.4 Å². The van der Waals surface area contributed by atoms with E-state index in [9.17, 15) is 24.0 Å². The first-order chi connectivity index (χ1) is 14.7. The number of ether oxygens (including phenoxy) is 2. The van der Waals surface area contributed by atoms with Crippen molar-refractivity contribution in [1.82, 2.24) is 11.0 Å². The molecule has 0 heterocycles. The van der Waals surface area contributed by atoms with Crippen molar-refractivity contribution in [1.29, 1.82) is 0 Å². The number of carboxylic acids is 1. The third-order valence-corrected chi connectivity index (χ3v) is 2.87. The zero-order chi connectivity index (χ0) is 23.6. The first kappa shape index (κ1) is 27.2. The highest BCUT2D eigenvalue weighted by atomic mass is 16.7. The van der Waals surface area contributed by atoms with Crippen molar-refractivity contribution >= 4 is 29.7 Å². The summed E-state index contributed by atoms with van der Waals surface area (Å²) in [5, 5.41) is 7.60. The minimum Gasteiger partial charge on any atom is -0.478 e. The third-order valence-electron chi connectivity index (χ3n) is 2.87. The Hall–Kier alpha value is -3.77. The van der Waals surface area contributed by atoms with E-state index in [0.717, 1.165) is 6.08 Å². The first-order valence-electron chi connectivity index (χ1n) is 8.73. The van der Waals surface area contributed by atoms with E-state index in [1.54, 1.807) is 0 Å². The highest BCUT2D eigenvalue weighted by Crippen LogP contribution is 2.05. The van der Waals surface area contributed by atoms with Crippen LogP contribution in [0.3, 0.4) is 0 Å². The quantitative estimate of drug-likeness (QED) is 0.190. The van der Waals surface area contributed by atoms with Crippen LogP contribution < -0.4 is 11.0 Å². The summed E-state index contributed by atoms with van der Waals surface area (Å²) >= 11 is 0. The van der Waals surface area contributed by atoms with Gasteiger partial charge in [-0.25, -0.2) is 15.8 Å². The van der Waals surface area contributed by atoms with Gasteiger partial charge in [0, 0.05) is 31.1 Å². The molecule has 0 atom stereocenters. The number of hydrogen-bond donors (Lipinski definition) is 3. The molecular weight excluding hydrogens is 416 g/mol. The molecule has 0 fully saturated rings. The average Bonchev–Trinajstić information content (AvgIpc) is 2.73. The van der Waals surface area contributed by atoms with E-state index in [-0.39, 0.29) is 37.6 Å². The van der Waals surface area contributed by atoms with Crippen molar-refractivity contribution in [3.63, 3.8) is 0 Å². The van der Waals surface area contributed by atoms with Gasteiger partial charge in [-0.05, 0) is 18.2 Å². The number of carbonyl (C=O) groups excluding carboxylic acids is 4. The molecule has 1 aromatic rings. The molecule has 1 aromatic carbocycles. The summed E-state index contributed by atoms with van der Waals surface area (Å²) in [6.45, 7) is 5.46. The van der Waals surface area contributed by atoms with E-state index in [0.29, 0.717) is 0 Å². The minimum absolute atomic E-state index is 0.00272.